The molecule has 0 N–H and O–H groups in total. The van der Waals surface area contributed by atoms with E-state index in [0.29, 0.717) is 17.3 Å². The Morgan fingerprint density at radius 1 is 1.29 bits per heavy atom. The van der Waals surface area contributed by atoms with E-state index in [2.05, 4.69) is 20.9 Å². The summed E-state index contributed by atoms with van der Waals surface area (Å²) in [6.07, 6.45) is 2.48. The topological polar surface area (TPSA) is 30.7 Å². The van der Waals surface area contributed by atoms with Crippen molar-refractivity contribution in [3.63, 3.8) is 0 Å². The largest absolute Gasteiger partial charge is 0.281 e. The molecule has 6 heteroatoms. The Morgan fingerprint density at radius 2 is 2.10 bits per heavy atom. The number of alkyl halides is 1. The van der Waals surface area contributed by atoms with Gasteiger partial charge in [0, 0.05) is 23.0 Å². The lowest BCUT2D eigenvalue weighted by molar-refractivity contribution is 0.905. The number of aromatic nitrogens is 3. The van der Waals surface area contributed by atoms with E-state index in [1.165, 1.54) is 0 Å². The van der Waals surface area contributed by atoms with E-state index in [-0.39, 0.29) is 0 Å². The Morgan fingerprint density at radius 3 is 2.81 bits per heavy atom. The van der Waals surface area contributed by atoms with Crippen molar-refractivity contribution >= 4 is 50.3 Å². The van der Waals surface area contributed by atoms with Crippen molar-refractivity contribution in [2.75, 3.05) is 5.88 Å². The number of imidazole rings is 1. The molecule has 0 saturated heterocycles. The first-order valence-electron chi connectivity index (χ1n) is 6.46. The summed E-state index contributed by atoms with van der Waals surface area (Å²) in [5.41, 5.74) is 3.81. The summed E-state index contributed by atoms with van der Waals surface area (Å²) in [5.74, 6) is 1.41. The van der Waals surface area contributed by atoms with E-state index in [0.717, 1.165) is 32.7 Å². The SMILES string of the molecule is Cc1ccnc2c1nc(CCCl)n2-c1ccc(Cl)c(Br)c1. The van der Waals surface area contributed by atoms with Gasteiger partial charge in [0.15, 0.2) is 5.65 Å². The van der Waals surface area contributed by atoms with Crippen molar-refractivity contribution in [2.45, 2.75) is 13.3 Å². The number of hydrogen-bond acceptors (Lipinski definition) is 2. The van der Waals surface area contributed by atoms with Gasteiger partial charge in [0.05, 0.1) is 10.7 Å². The van der Waals surface area contributed by atoms with Gasteiger partial charge in [-0.2, -0.15) is 0 Å². The molecule has 1 aromatic carbocycles. The number of nitrogens with zero attached hydrogens (tertiary/aromatic N) is 3. The molecule has 0 bridgehead atoms. The van der Waals surface area contributed by atoms with Crippen molar-refractivity contribution in [2.24, 2.45) is 0 Å². The van der Waals surface area contributed by atoms with Gasteiger partial charge >= 0.3 is 0 Å². The zero-order valence-electron chi connectivity index (χ0n) is 11.3. The van der Waals surface area contributed by atoms with E-state index in [9.17, 15) is 0 Å². The summed E-state index contributed by atoms with van der Waals surface area (Å²) >= 11 is 15.5. The molecule has 3 nitrogen and oxygen atoms in total. The smallest absolute Gasteiger partial charge is 0.164 e. The number of aryl methyl sites for hydroxylation is 2. The van der Waals surface area contributed by atoms with Crippen LogP contribution in [0.2, 0.25) is 5.02 Å². The lowest BCUT2D eigenvalue weighted by Gasteiger charge is -2.09. The average molecular weight is 385 g/mol. The summed E-state index contributed by atoms with van der Waals surface area (Å²) in [4.78, 5) is 9.18. The van der Waals surface area contributed by atoms with Crippen molar-refractivity contribution in [3.05, 3.63) is 51.3 Å². The molecular formula is C15H12BrCl2N3. The number of pyridine rings is 1. The summed E-state index contributed by atoms with van der Waals surface area (Å²) in [7, 11) is 0. The maximum atomic E-state index is 6.08. The third-order valence-electron chi connectivity index (χ3n) is 3.30. The molecule has 0 radical (unpaired) electrons. The minimum atomic E-state index is 0.511. The summed E-state index contributed by atoms with van der Waals surface area (Å²) in [6, 6.07) is 7.73. The molecule has 3 rings (SSSR count). The van der Waals surface area contributed by atoms with Gasteiger partial charge in [-0.1, -0.05) is 11.6 Å². The van der Waals surface area contributed by atoms with Crippen LogP contribution in [0.5, 0.6) is 0 Å². The van der Waals surface area contributed by atoms with Gasteiger partial charge in [-0.25, -0.2) is 9.97 Å². The molecule has 2 aromatic heterocycles. The fraction of sp³-hybridized carbons (Fsp3) is 0.200. The highest BCUT2D eigenvalue weighted by Gasteiger charge is 2.15. The van der Waals surface area contributed by atoms with Crippen LogP contribution >= 0.6 is 39.1 Å². The number of hydrogen-bond donors (Lipinski definition) is 0. The summed E-state index contributed by atoms with van der Waals surface area (Å²) in [5, 5.41) is 0.672. The van der Waals surface area contributed by atoms with Crippen LogP contribution in [0.15, 0.2) is 34.9 Å². The van der Waals surface area contributed by atoms with Crippen LogP contribution < -0.4 is 0 Å². The Labute approximate surface area is 141 Å². The lowest BCUT2D eigenvalue weighted by atomic mass is 10.2. The molecule has 2 heterocycles. The predicted molar refractivity (Wildman–Crippen MR) is 90.7 cm³/mol. The van der Waals surface area contributed by atoms with E-state index >= 15 is 0 Å². The molecule has 0 aliphatic heterocycles. The highest BCUT2D eigenvalue weighted by Crippen LogP contribution is 2.28. The van der Waals surface area contributed by atoms with Crippen molar-refractivity contribution in [3.8, 4) is 5.69 Å². The Balaban J connectivity index is 2.30. The average Bonchev–Trinajstić information content (AvgIpc) is 2.82. The van der Waals surface area contributed by atoms with Crippen LogP contribution in [0.3, 0.4) is 0 Å². The molecule has 0 saturated carbocycles. The molecule has 0 amide bonds. The third-order valence-corrected chi connectivity index (χ3v) is 4.70. The highest BCUT2D eigenvalue weighted by atomic mass is 79.9. The Hall–Kier alpha value is -1.10. The molecule has 0 aliphatic carbocycles. The molecule has 108 valence electrons. The molecular weight excluding hydrogens is 373 g/mol. The quantitative estimate of drug-likeness (QED) is 0.599. The van der Waals surface area contributed by atoms with Crippen LogP contribution in [0.25, 0.3) is 16.9 Å². The van der Waals surface area contributed by atoms with Gasteiger partial charge in [-0.15, -0.1) is 11.6 Å². The van der Waals surface area contributed by atoms with E-state index < -0.39 is 0 Å². The second-order valence-corrected chi connectivity index (χ2v) is 6.34. The van der Waals surface area contributed by atoms with Crippen LogP contribution in [-0.2, 0) is 6.42 Å². The van der Waals surface area contributed by atoms with Crippen LogP contribution in [-0.4, -0.2) is 20.4 Å². The first-order chi connectivity index (χ1) is 10.1. The standard InChI is InChI=1S/C15H12BrCl2N3/c1-9-5-7-19-15-14(9)20-13(4-6-17)21(15)10-2-3-12(18)11(16)8-10/h2-3,5,7-8H,4,6H2,1H3. The number of benzene rings is 1. The molecule has 0 fully saturated rings. The van der Waals surface area contributed by atoms with Gasteiger partial charge in [0.2, 0.25) is 0 Å². The van der Waals surface area contributed by atoms with Gasteiger partial charge in [-0.3, -0.25) is 4.57 Å². The van der Waals surface area contributed by atoms with Gasteiger partial charge in [0.25, 0.3) is 0 Å². The first kappa shape index (κ1) is 14.8. The van der Waals surface area contributed by atoms with E-state index in [1.54, 1.807) is 6.20 Å². The summed E-state index contributed by atoms with van der Waals surface area (Å²) in [6.45, 7) is 2.03. The fourth-order valence-corrected chi connectivity index (χ4v) is 2.94. The van der Waals surface area contributed by atoms with Crippen molar-refractivity contribution in [1.82, 2.24) is 14.5 Å². The predicted octanol–water partition coefficient (Wildman–Crippen LogP) is 4.93. The Bertz CT molecular complexity index is 814. The first-order valence-corrected chi connectivity index (χ1v) is 8.16. The maximum absolute atomic E-state index is 6.08. The number of halogens is 3. The fourth-order valence-electron chi connectivity index (χ4n) is 2.29. The second kappa shape index (κ2) is 5.95. The molecule has 0 spiro atoms. The highest BCUT2D eigenvalue weighted by molar-refractivity contribution is 9.10. The zero-order valence-corrected chi connectivity index (χ0v) is 14.4. The monoisotopic (exact) mass is 383 g/mol. The second-order valence-electron chi connectivity index (χ2n) is 4.70. The van der Waals surface area contributed by atoms with E-state index in [4.69, 9.17) is 28.2 Å². The summed E-state index contributed by atoms with van der Waals surface area (Å²) < 4.78 is 2.87. The minimum Gasteiger partial charge on any atom is -0.281 e. The lowest BCUT2D eigenvalue weighted by Crippen LogP contribution is -2.03. The number of rotatable bonds is 3. The molecule has 3 aromatic rings. The van der Waals surface area contributed by atoms with E-state index in [1.807, 2.05) is 35.8 Å². The molecule has 0 aliphatic rings. The van der Waals surface area contributed by atoms with Gasteiger partial charge in [-0.05, 0) is 52.7 Å². The third kappa shape index (κ3) is 2.68. The molecule has 21 heavy (non-hydrogen) atoms. The Kier molecular flexibility index (Phi) is 4.20. The van der Waals surface area contributed by atoms with Crippen LogP contribution in [0.4, 0.5) is 0 Å². The maximum Gasteiger partial charge on any atom is 0.164 e. The normalized spacial score (nSPS) is 11.2. The van der Waals surface area contributed by atoms with Crippen molar-refractivity contribution in [1.29, 1.82) is 0 Å². The van der Waals surface area contributed by atoms with Crippen LogP contribution in [0.1, 0.15) is 11.4 Å². The van der Waals surface area contributed by atoms with Gasteiger partial charge < -0.3 is 0 Å². The van der Waals surface area contributed by atoms with Gasteiger partial charge in [0.1, 0.15) is 11.3 Å². The van der Waals surface area contributed by atoms with Crippen LogP contribution in [0, 0.1) is 6.92 Å². The van der Waals surface area contributed by atoms with Crippen molar-refractivity contribution < 1.29 is 0 Å². The zero-order chi connectivity index (χ0) is 15.0. The molecule has 0 atom stereocenters. The molecule has 0 unspecified atom stereocenters. The minimum absolute atomic E-state index is 0.511. The number of fused-ring (bicyclic) bond motifs is 1.